The molecule has 0 radical (unpaired) electrons. The molecule has 1 unspecified atom stereocenters. The first kappa shape index (κ1) is 26.2. The number of halogens is 1. The van der Waals surface area contributed by atoms with Gasteiger partial charge >= 0.3 is 0 Å². The Bertz CT molecular complexity index is 789. The number of alkyl halides is 1. The van der Waals surface area contributed by atoms with Crippen molar-refractivity contribution in [2.45, 2.75) is 137 Å². The van der Waals surface area contributed by atoms with Crippen LogP contribution in [0.15, 0.2) is 11.1 Å². The molecule has 4 aliphatic rings. The summed E-state index contributed by atoms with van der Waals surface area (Å²) in [5.74, 6) is 2.29. The lowest BCUT2D eigenvalue weighted by molar-refractivity contribution is -0.0962. The molecule has 1 N–H and O–H groups in total. The molecule has 4 aliphatic carbocycles. The van der Waals surface area contributed by atoms with E-state index in [4.69, 9.17) is 0 Å². The molecule has 8 atom stereocenters. The van der Waals surface area contributed by atoms with Crippen LogP contribution in [0.4, 0.5) is 0 Å². The molecule has 0 aromatic rings. The Hall–Kier alpha value is 0.180. The highest BCUT2D eigenvalue weighted by Gasteiger charge is 2.63. The largest absolute Gasteiger partial charge is 0.393 e. The highest BCUT2D eigenvalue weighted by molar-refractivity contribution is 9.09. The number of aliphatic hydroxyl groups excluding tert-OH is 1. The van der Waals surface area contributed by atoms with Crippen LogP contribution in [-0.4, -0.2) is 16.0 Å². The van der Waals surface area contributed by atoms with Crippen molar-refractivity contribution in [3.05, 3.63) is 11.1 Å². The third-order valence-corrected chi connectivity index (χ3v) is 14.1. The Kier molecular flexibility index (Phi) is 6.65. The monoisotopic (exact) mass is 520 g/mol. The molecule has 0 aromatic carbocycles. The van der Waals surface area contributed by atoms with Gasteiger partial charge in [-0.3, -0.25) is 0 Å². The molecule has 0 aliphatic heterocycles. The van der Waals surface area contributed by atoms with Gasteiger partial charge in [0.1, 0.15) is 0 Å². The maximum Gasteiger partial charge on any atom is 0.0594 e. The fourth-order valence-electron chi connectivity index (χ4n) is 9.67. The van der Waals surface area contributed by atoms with Gasteiger partial charge in [-0.15, -0.1) is 0 Å². The fourth-order valence-corrected chi connectivity index (χ4v) is 9.94. The molecule has 0 bridgehead atoms. The Labute approximate surface area is 214 Å². The third kappa shape index (κ3) is 3.86. The van der Waals surface area contributed by atoms with Crippen molar-refractivity contribution in [1.82, 2.24) is 0 Å². The molecule has 33 heavy (non-hydrogen) atoms. The van der Waals surface area contributed by atoms with Gasteiger partial charge in [-0.05, 0) is 109 Å². The van der Waals surface area contributed by atoms with Crippen molar-refractivity contribution in [2.24, 2.45) is 44.8 Å². The maximum atomic E-state index is 10.8. The van der Waals surface area contributed by atoms with Gasteiger partial charge in [0.15, 0.2) is 0 Å². The highest BCUT2D eigenvalue weighted by Crippen LogP contribution is 2.72. The summed E-state index contributed by atoms with van der Waals surface area (Å²) in [5.41, 5.74) is 5.24. The lowest BCUT2D eigenvalue weighted by atomic mass is 9.43. The Morgan fingerprint density at radius 2 is 1.58 bits per heavy atom. The summed E-state index contributed by atoms with van der Waals surface area (Å²) in [5, 5.41) is 10.8. The molecular weight excluding hydrogens is 468 g/mol. The fraction of sp³-hybridized carbons (Fsp3) is 0.935. The zero-order valence-corrected chi connectivity index (χ0v) is 24.9. The summed E-state index contributed by atoms with van der Waals surface area (Å²) in [6, 6.07) is 0. The summed E-state index contributed by atoms with van der Waals surface area (Å²) < 4.78 is 0. The summed E-state index contributed by atoms with van der Waals surface area (Å²) in [4.78, 5) is 0.606. The summed E-state index contributed by atoms with van der Waals surface area (Å²) in [7, 11) is 0. The van der Waals surface area contributed by atoms with Crippen LogP contribution in [0, 0.1) is 44.8 Å². The van der Waals surface area contributed by atoms with Gasteiger partial charge in [0.05, 0.1) is 6.10 Å². The van der Waals surface area contributed by atoms with Gasteiger partial charge in [-0.1, -0.05) is 89.4 Å². The predicted octanol–water partition coefficient (Wildman–Crippen LogP) is 9.32. The molecule has 0 spiro atoms. The number of hydrogen-bond acceptors (Lipinski definition) is 1. The molecule has 190 valence electrons. The van der Waals surface area contributed by atoms with E-state index in [1.807, 2.05) is 11.1 Å². The van der Waals surface area contributed by atoms with Crippen LogP contribution in [0.2, 0.25) is 0 Å². The van der Waals surface area contributed by atoms with E-state index in [9.17, 15) is 5.11 Å². The van der Waals surface area contributed by atoms with Crippen LogP contribution in [0.3, 0.4) is 0 Å². The molecule has 4 rings (SSSR count). The van der Waals surface area contributed by atoms with Gasteiger partial charge in [0.2, 0.25) is 0 Å². The quantitative estimate of drug-likeness (QED) is 0.289. The summed E-state index contributed by atoms with van der Waals surface area (Å²) in [6.07, 6.45) is 12.7. The zero-order valence-electron chi connectivity index (χ0n) is 23.3. The third-order valence-electron chi connectivity index (χ3n) is 12.3. The first-order valence-corrected chi connectivity index (χ1v) is 15.1. The van der Waals surface area contributed by atoms with Crippen molar-refractivity contribution in [3.63, 3.8) is 0 Å². The van der Waals surface area contributed by atoms with Crippen LogP contribution in [0.1, 0.15) is 127 Å². The maximum absolute atomic E-state index is 10.8. The topological polar surface area (TPSA) is 20.2 Å². The van der Waals surface area contributed by atoms with Gasteiger partial charge in [0.25, 0.3) is 0 Å². The highest BCUT2D eigenvalue weighted by atomic mass is 79.9. The number of fused-ring (bicyclic) bond motifs is 4. The SMILES string of the molecule is C[C@H](CCC(Br)C(C)(C)C)[C@H]1CC[C@@]2(C)C3=C(CC[C@]12C)[C@@]1(C)CC[C@H](O)C(C)(C)[C@@H]1CC3. The number of allylic oxidation sites excluding steroid dienone is 2. The molecule has 2 fully saturated rings. The van der Waals surface area contributed by atoms with Gasteiger partial charge in [-0.25, -0.2) is 0 Å². The summed E-state index contributed by atoms with van der Waals surface area (Å²) in [6.45, 7) is 22.3. The number of hydrogen-bond donors (Lipinski definition) is 1. The molecule has 2 saturated carbocycles. The minimum atomic E-state index is -0.134. The predicted molar refractivity (Wildman–Crippen MR) is 146 cm³/mol. The van der Waals surface area contributed by atoms with E-state index >= 15 is 0 Å². The van der Waals surface area contributed by atoms with E-state index in [0.717, 1.165) is 18.3 Å². The first-order valence-electron chi connectivity index (χ1n) is 14.1. The average molecular weight is 522 g/mol. The second-order valence-electron chi connectivity index (χ2n) is 15.1. The van der Waals surface area contributed by atoms with Crippen molar-refractivity contribution in [1.29, 1.82) is 0 Å². The van der Waals surface area contributed by atoms with E-state index in [1.54, 1.807) is 0 Å². The summed E-state index contributed by atoms with van der Waals surface area (Å²) >= 11 is 4.00. The average Bonchev–Trinajstić information content (AvgIpc) is 3.00. The van der Waals surface area contributed by atoms with Crippen LogP contribution >= 0.6 is 15.9 Å². The van der Waals surface area contributed by atoms with Crippen molar-refractivity contribution < 1.29 is 5.11 Å². The van der Waals surface area contributed by atoms with Crippen LogP contribution < -0.4 is 0 Å². The van der Waals surface area contributed by atoms with Crippen LogP contribution in [0.25, 0.3) is 0 Å². The molecular formula is C31H53BrO. The Morgan fingerprint density at radius 1 is 0.909 bits per heavy atom. The molecule has 0 heterocycles. The number of rotatable bonds is 4. The first-order chi connectivity index (χ1) is 15.1. The zero-order chi connectivity index (χ0) is 24.6. The second kappa shape index (κ2) is 8.36. The minimum absolute atomic E-state index is 0.0409. The van der Waals surface area contributed by atoms with Crippen molar-refractivity contribution in [3.8, 4) is 0 Å². The standard InChI is InChI=1S/C31H53BrO/c1-20(10-13-25(32)27(2,3)4)21-14-18-31(9)23-11-12-24-28(5,6)26(33)16-17-29(24,7)22(23)15-19-30(21,31)8/h20-21,24-26,33H,10-19H2,1-9H3/t20-,21-,24+,25?,26+,29-,30-,31+/m1/s1. The lowest BCUT2D eigenvalue weighted by Crippen LogP contribution is -2.55. The van der Waals surface area contributed by atoms with Gasteiger partial charge in [-0.2, -0.15) is 0 Å². The van der Waals surface area contributed by atoms with Crippen molar-refractivity contribution >= 4 is 15.9 Å². The molecule has 1 nitrogen and oxygen atoms in total. The Balaban J connectivity index is 1.60. The molecule has 0 aromatic heterocycles. The normalized spacial score (nSPS) is 44.6. The van der Waals surface area contributed by atoms with E-state index < -0.39 is 0 Å². The van der Waals surface area contributed by atoms with Gasteiger partial charge < -0.3 is 5.11 Å². The van der Waals surface area contributed by atoms with E-state index in [1.165, 1.54) is 57.8 Å². The number of aliphatic hydroxyl groups is 1. The van der Waals surface area contributed by atoms with E-state index in [2.05, 4.69) is 78.2 Å². The molecule has 0 saturated heterocycles. The van der Waals surface area contributed by atoms with Crippen LogP contribution in [0.5, 0.6) is 0 Å². The minimum Gasteiger partial charge on any atom is -0.393 e. The van der Waals surface area contributed by atoms with Crippen molar-refractivity contribution in [2.75, 3.05) is 0 Å². The van der Waals surface area contributed by atoms with E-state index in [0.29, 0.717) is 32.4 Å². The Morgan fingerprint density at radius 3 is 2.21 bits per heavy atom. The molecule has 2 heteroatoms. The molecule has 0 amide bonds. The van der Waals surface area contributed by atoms with E-state index in [-0.39, 0.29) is 11.5 Å². The lowest BCUT2D eigenvalue weighted by Gasteiger charge is -2.62. The van der Waals surface area contributed by atoms with Crippen LogP contribution in [-0.2, 0) is 0 Å². The van der Waals surface area contributed by atoms with Gasteiger partial charge in [0, 0.05) is 4.83 Å². The smallest absolute Gasteiger partial charge is 0.0594 e. The second-order valence-corrected chi connectivity index (χ2v) is 16.2.